The number of aliphatic hydroxyl groups is 5. The molecule has 0 radical (unpaired) electrons. The molecule has 2 unspecified atom stereocenters. The molecule has 0 aromatic heterocycles. The number of methoxy groups -OCH3 is 1. The molecular formula is C62H107N3O13. The largest absolute Gasteiger partial charge is 0.459 e. The number of nitrogens with one attached hydrogen (secondary N) is 1. The third kappa shape index (κ3) is 21.7. The van der Waals surface area contributed by atoms with Gasteiger partial charge in [-0.15, -0.1) is 0 Å². The predicted molar refractivity (Wildman–Crippen MR) is 308 cm³/mol. The Bertz CT molecular complexity index is 1920. The lowest BCUT2D eigenvalue weighted by atomic mass is 9.77. The van der Waals surface area contributed by atoms with Crippen molar-refractivity contribution in [2.75, 3.05) is 40.8 Å². The molecule has 0 aromatic rings. The van der Waals surface area contributed by atoms with Gasteiger partial charge in [0.05, 0.1) is 41.5 Å². The number of allylic oxidation sites excluding steroid dienone is 12. The number of cyclic esters (lactones) is 1. The van der Waals surface area contributed by atoms with Crippen molar-refractivity contribution in [3.05, 3.63) is 72.9 Å². The van der Waals surface area contributed by atoms with Gasteiger partial charge in [0.25, 0.3) is 0 Å². The molecule has 0 saturated carbocycles. The van der Waals surface area contributed by atoms with E-state index in [4.69, 9.17) is 28.4 Å². The van der Waals surface area contributed by atoms with Gasteiger partial charge in [0.1, 0.15) is 30.0 Å². The fourth-order valence-corrected chi connectivity index (χ4v) is 11.4. The zero-order valence-electron chi connectivity index (χ0n) is 50.3. The Balaban J connectivity index is 1.79. The summed E-state index contributed by atoms with van der Waals surface area (Å²) in [6, 6.07) is -0.983. The maximum absolute atomic E-state index is 14.6. The van der Waals surface area contributed by atoms with Crippen LogP contribution in [0.15, 0.2) is 72.9 Å². The minimum Gasteiger partial charge on any atom is -0.459 e. The number of carbonyl (C=O) groups is 2. The first kappa shape index (κ1) is 69.2. The van der Waals surface area contributed by atoms with E-state index in [1.165, 1.54) is 14.0 Å². The second-order valence-electron chi connectivity index (χ2n) is 23.4. The fraction of sp³-hybridized carbons (Fsp3) is 0.774. The van der Waals surface area contributed by atoms with E-state index < -0.39 is 96.0 Å². The molecule has 3 rings (SSSR count). The highest BCUT2D eigenvalue weighted by atomic mass is 16.7. The van der Waals surface area contributed by atoms with Gasteiger partial charge in [0.15, 0.2) is 12.6 Å². The summed E-state index contributed by atoms with van der Waals surface area (Å²) in [4.78, 5) is 31.5. The van der Waals surface area contributed by atoms with Crippen molar-refractivity contribution in [3.8, 4) is 0 Å². The van der Waals surface area contributed by atoms with Crippen molar-refractivity contribution >= 4 is 11.9 Å². The summed E-state index contributed by atoms with van der Waals surface area (Å²) < 4.78 is 38.2. The maximum atomic E-state index is 14.6. The highest BCUT2D eigenvalue weighted by Crippen LogP contribution is 2.40. The number of nitrogens with zero attached hydrogens (tertiary/aromatic N) is 2. The lowest BCUT2D eigenvalue weighted by Gasteiger charge is -2.48. The van der Waals surface area contributed by atoms with E-state index in [2.05, 4.69) is 79.1 Å². The highest BCUT2D eigenvalue weighted by molar-refractivity contribution is 5.76. The lowest BCUT2D eigenvalue weighted by molar-refractivity contribution is -0.318. The summed E-state index contributed by atoms with van der Waals surface area (Å²) in [5.74, 6) is -2.92. The molecule has 18 atom stereocenters. The van der Waals surface area contributed by atoms with Crippen molar-refractivity contribution in [3.63, 3.8) is 0 Å². The third-order valence-electron chi connectivity index (χ3n) is 16.1. The molecule has 3 heterocycles. The number of aliphatic hydroxyl groups excluding tert-OH is 3. The van der Waals surface area contributed by atoms with Crippen LogP contribution in [0.4, 0.5) is 0 Å². The molecule has 16 heteroatoms. The molecule has 0 aromatic carbocycles. The Morgan fingerprint density at radius 1 is 0.795 bits per heavy atom. The first-order valence-corrected chi connectivity index (χ1v) is 29.3. The van der Waals surface area contributed by atoms with Crippen LogP contribution in [0, 0.1) is 17.8 Å². The van der Waals surface area contributed by atoms with Crippen LogP contribution in [-0.2, 0) is 38.0 Å². The first-order valence-electron chi connectivity index (χ1n) is 29.3. The maximum Gasteiger partial charge on any atom is 0.311 e. The molecule has 3 aliphatic heterocycles. The molecule has 448 valence electrons. The van der Waals surface area contributed by atoms with Crippen LogP contribution in [0.5, 0.6) is 0 Å². The minimum absolute atomic E-state index is 0.0652. The van der Waals surface area contributed by atoms with Crippen molar-refractivity contribution in [1.29, 1.82) is 0 Å². The molecule has 3 aliphatic rings. The Labute approximate surface area is 470 Å². The Morgan fingerprint density at radius 3 is 1.90 bits per heavy atom. The highest BCUT2D eigenvalue weighted by Gasteiger charge is 2.53. The van der Waals surface area contributed by atoms with E-state index in [-0.39, 0.29) is 43.2 Å². The summed E-state index contributed by atoms with van der Waals surface area (Å²) in [5, 5.41) is 63.2. The molecule has 1 amide bonds. The van der Waals surface area contributed by atoms with Crippen LogP contribution in [0.1, 0.15) is 160 Å². The minimum atomic E-state index is -1.91. The summed E-state index contributed by atoms with van der Waals surface area (Å²) in [7, 11) is 5.27. The van der Waals surface area contributed by atoms with Gasteiger partial charge in [-0.05, 0) is 139 Å². The number of rotatable bonds is 25. The van der Waals surface area contributed by atoms with E-state index in [0.717, 1.165) is 38.5 Å². The van der Waals surface area contributed by atoms with Crippen molar-refractivity contribution in [1.82, 2.24) is 15.1 Å². The van der Waals surface area contributed by atoms with Gasteiger partial charge in [0.2, 0.25) is 5.91 Å². The van der Waals surface area contributed by atoms with Crippen LogP contribution >= 0.6 is 0 Å². The fourth-order valence-electron chi connectivity index (χ4n) is 11.4. The van der Waals surface area contributed by atoms with Crippen LogP contribution in [-0.4, -0.2) is 178 Å². The SMILES string of the molecule is CC/C=C\C/C=C\C/C=C\C/C=C\C/C=C\C/C=C\CCC(=O)NCCCN1C[C@H](C)C[C@@](C)(O)[C@H](OC2O[C@H](C)C[C@H](N(C)C)[C@H]2O)[C@@H](C)[C@H](OC2C[C@@](C)(OC)[C@@H](O)[C@H](C)O2)[C@@H](C)C(=O)O[C@H](CC)[C@@](C)(O)[C@H](O)[C@H]1C. The molecule has 0 aliphatic carbocycles. The number of ether oxygens (including phenoxy) is 6. The molecule has 3 fully saturated rings. The normalized spacial score (nSPS) is 37.6. The van der Waals surface area contributed by atoms with E-state index in [1.807, 2.05) is 57.7 Å². The van der Waals surface area contributed by atoms with Gasteiger partial charge < -0.3 is 64.2 Å². The Kier molecular flexibility index (Phi) is 30.5. The second kappa shape index (κ2) is 34.4. The molecule has 3 saturated heterocycles. The van der Waals surface area contributed by atoms with Crippen LogP contribution in [0.3, 0.4) is 0 Å². The average Bonchev–Trinajstić information content (AvgIpc) is 3.38. The molecular weight excluding hydrogens is 995 g/mol. The topological polar surface area (TPSA) is 209 Å². The molecule has 78 heavy (non-hydrogen) atoms. The van der Waals surface area contributed by atoms with Gasteiger partial charge in [0, 0.05) is 57.6 Å². The summed E-state index contributed by atoms with van der Waals surface area (Å²) >= 11 is 0. The first-order chi connectivity index (χ1) is 36.8. The molecule has 6 N–H and O–H groups in total. The number of carbonyl (C=O) groups excluding carboxylic acids is 2. The van der Waals surface area contributed by atoms with Crippen LogP contribution < -0.4 is 5.32 Å². The van der Waals surface area contributed by atoms with Crippen LogP contribution in [0.2, 0.25) is 0 Å². The van der Waals surface area contributed by atoms with Gasteiger partial charge in [-0.25, -0.2) is 0 Å². The number of esters is 1. The van der Waals surface area contributed by atoms with Gasteiger partial charge >= 0.3 is 5.97 Å². The average molecular weight is 1100 g/mol. The number of hydrogen-bond acceptors (Lipinski definition) is 15. The van der Waals surface area contributed by atoms with E-state index in [0.29, 0.717) is 45.3 Å². The zero-order chi connectivity index (χ0) is 58.2. The quantitative estimate of drug-likeness (QED) is 0.0289. The summed E-state index contributed by atoms with van der Waals surface area (Å²) in [5.41, 5.74) is -4.62. The van der Waals surface area contributed by atoms with E-state index in [9.17, 15) is 35.1 Å². The van der Waals surface area contributed by atoms with Crippen molar-refractivity contribution in [2.24, 2.45) is 17.8 Å². The second-order valence-corrected chi connectivity index (χ2v) is 23.4. The van der Waals surface area contributed by atoms with Crippen LogP contribution in [0.25, 0.3) is 0 Å². The number of likely N-dealkylation sites (N-methyl/N-ethyl adjacent to an activating group) is 1. The monoisotopic (exact) mass is 1100 g/mol. The predicted octanol–water partition coefficient (Wildman–Crippen LogP) is 8.26. The van der Waals surface area contributed by atoms with E-state index >= 15 is 0 Å². The summed E-state index contributed by atoms with van der Waals surface area (Å²) in [6.45, 7) is 20.9. The Hall–Kier alpha value is -3.10. The van der Waals surface area contributed by atoms with Gasteiger partial charge in [-0.3, -0.25) is 14.5 Å². The lowest BCUT2D eigenvalue weighted by Crippen LogP contribution is -2.60. The van der Waals surface area contributed by atoms with Gasteiger partial charge in [-0.2, -0.15) is 0 Å². The molecule has 0 bridgehead atoms. The van der Waals surface area contributed by atoms with Crippen molar-refractivity contribution in [2.45, 2.75) is 250 Å². The van der Waals surface area contributed by atoms with Crippen molar-refractivity contribution < 1.29 is 63.5 Å². The smallest absolute Gasteiger partial charge is 0.311 e. The number of amides is 1. The zero-order valence-corrected chi connectivity index (χ0v) is 50.3. The van der Waals surface area contributed by atoms with Gasteiger partial charge in [-0.1, -0.05) is 101 Å². The molecule has 0 spiro atoms. The molecule has 16 nitrogen and oxygen atoms in total. The van der Waals surface area contributed by atoms with E-state index in [1.54, 1.807) is 34.6 Å². The summed E-state index contributed by atoms with van der Waals surface area (Å²) in [6.07, 6.45) is 24.0. The number of hydrogen-bond donors (Lipinski definition) is 6. The third-order valence-corrected chi connectivity index (χ3v) is 16.1. The Morgan fingerprint density at radius 2 is 1.36 bits per heavy atom. The standard InChI is InChI=1S/C62H107N3O13/c1-15-17-18-19-20-21-22-23-24-25-26-27-28-29-30-31-32-33-34-36-51(66)63-37-35-38-65-42-43(3)40-60(9,71)57(78-59-53(67)49(64(12)13)39-44(4)74-59)45(5)54(77-52-41-61(10,73-14)56(69)48(8)75-52)46(6)58(70)76-50(16-2)62(11,72)55(68)47(65)7/h17-18,20-21,23-24,26-27,29-30,32-33,43-50,52-57,59,67-69,71-72H,15-16,19,22,25,28,31,34-42H2,1-14H3,(H,63,66)/b18-17-,21-20-,24-23-,27-26-,30-29-,33-32-/t43-,44-,45+,46-,47-,48+,49+,50-,52?,53-,54+,55-,56+,57-,59?,60-,61-,62-/m1/s1.